The molecule has 172 valence electrons. The summed E-state index contributed by atoms with van der Waals surface area (Å²) >= 11 is 0. The van der Waals surface area contributed by atoms with Crippen LogP contribution < -0.4 is 24.8 Å². The minimum Gasteiger partial charge on any atom is -0.497 e. The van der Waals surface area contributed by atoms with Crippen LogP contribution in [0.2, 0.25) is 0 Å². The van der Waals surface area contributed by atoms with Crippen molar-refractivity contribution in [2.45, 2.75) is 26.0 Å². The first-order valence-corrected chi connectivity index (χ1v) is 9.84. The molecule has 2 aromatic rings. The van der Waals surface area contributed by atoms with Gasteiger partial charge in [-0.3, -0.25) is 9.59 Å². The molecule has 0 saturated heterocycles. The van der Waals surface area contributed by atoms with Crippen LogP contribution in [-0.4, -0.2) is 45.2 Å². The van der Waals surface area contributed by atoms with Crippen LogP contribution >= 0.6 is 0 Å². The first-order chi connectivity index (χ1) is 15.3. The zero-order valence-corrected chi connectivity index (χ0v) is 18.1. The molecule has 2 aromatic carbocycles. The Morgan fingerprint density at radius 1 is 1.03 bits per heavy atom. The highest BCUT2D eigenvalue weighted by Crippen LogP contribution is 2.29. The number of benzene rings is 2. The van der Waals surface area contributed by atoms with E-state index in [4.69, 9.17) is 9.47 Å². The fraction of sp³-hybridized carbons (Fsp3) is 0.304. The average molecular weight is 448 g/mol. The number of amides is 2. The van der Waals surface area contributed by atoms with Crippen LogP contribution in [0, 0.1) is 0 Å². The van der Waals surface area contributed by atoms with Gasteiger partial charge in [0.2, 0.25) is 11.8 Å². The Bertz CT molecular complexity index is 932. The van der Waals surface area contributed by atoms with Gasteiger partial charge in [-0.1, -0.05) is 18.2 Å². The fourth-order valence-electron chi connectivity index (χ4n) is 2.76. The number of carbonyl (C=O) groups is 2. The van der Waals surface area contributed by atoms with E-state index in [0.29, 0.717) is 17.7 Å². The molecule has 2 amide bonds. The van der Waals surface area contributed by atoms with Crippen LogP contribution in [-0.2, 0) is 16.0 Å². The maximum atomic E-state index is 12.5. The maximum absolute atomic E-state index is 12.5. The summed E-state index contributed by atoms with van der Waals surface area (Å²) in [6.45, 7) is -1.15. The lowest BCUT2D eigenvalue weighted by Crippen LogP contribution is -2.44. The minimum atomic E-state index is -2.97. The third-order valence-corrected chi connectivity index (χ3v) is 4.45. The standard InChI is InChI=1S/C23H26F2N2O5/c1-15(27-21(28)11-7-16-4-8-18(30-2)9-5-16)22(29)26-13-12-17-6-10-19(31-3)20(14-17)32-23(24)25/h4-11,14-15,23H,12-13H2,1-3H3,(H,26,29)(H,27,28)/b11-7+. The van der Waals surface area contributed by atoms with Crippen LogP contribution in [0.15, 0.2) is 48.5 Å². The molecule has 0 aliphatic rings. The van der Waals surface area contributed by atoms with Crippen LogP contribution in [0.4, 0.5) is 8.78 Å². The predicted molar refractivity (Wildman–Crippen MR) is 116 cm³/mol. The summed E-state index contributed by atoms with van der Waals surface area (Å²) in [6, 6.07) is 11.1. The molecule has 0 bridgehead atoms. The molecule has 0 radical (unpaired) electrons. The quantitative estimate of drug-likeness (QED) is 0.516. The van der Waals surface area contributed by atoms with Gasteiger partial charge in [0.15, 0.2) is 11.5 Å². The van der Waals surface area contributed by atoms with Gasteiger partial charge >= 0.3 is 6.61 Å². The zero-order valence-electron chi connectivity index (χ0n) is 18.1. The number of hydrogen-bond donors (Lipinski definition) is 2. The lowest BCUT2D eigenvalue weighted by molar-refractivity contribution is -0.126. The number of ether oxygens (including phenoxy) is 3. The summed E-state index contributed by atoms with van der Waals surface area (Å²) in [5.41, 5.74) is 1.49. The molecule has 1 atom stereocenters. The molecule has 0 spiro atoms. The number of rotatable bonds is 11. The van der Waals surface area contributed by atoms with E-state index in [9.17, 15) is 18.4 Å². The number of alkyl halides is 2. The summed E-state index contributed by atoms with van der Waals surface area (Å²) in [5, 5.41) is 5.28. The maximum Gasteiger partial charge on any atom is 0.387 e. The van der Waals surface area contributed by atoms with Crippen molar-refractivity contribution in [2.75, 3.05) is 20.8 Å². The van der Waals surface area contributed by atoms with E-state index in [0.717, 1.165) is 5.56 Å². The molecule has 0 fully saturated rings. The Labute approximate surface area is 185 Å². The molecule has 2 rings (SSSR count). The summed E-state index contributed by atoms with van der Waals surface area (Å²) in [6.07, 6.45) is 3.35. The monoisotopic (exact) mass is 448 g/mol. The second-order valence-electron chi connectivity index (χ2n) is 6.74. The SMILES string of the molecule is COc1ccc(/C=C/C(=O)NC(C)C(=O)NCCc2ccc(OC)c(OC(F)F)c2)cc1. The fourth-order valence-corrected chi connectivity index (χ4v) is 2.76. The van der Waals surface area contributed by atoms with Crippen molar-refractivity contribution in [3.63, 3.8) is 0 Å². The van der Waals surface area contributed by atoms with Gasteiger partial charge in [0, 0.05) is 12.6 Å². The molecule has 2 N–H and O–H groups in total. The molecule has 0 heterocycles. The lowest BCUT2D eigenvalue weighted by Gasteiger charge is -2.14. The topological polar surface area (TPSA) is 85.9 Å². The van der Waals surface area contributed by atoms with Gasteiger partial charge in [0.05, 0.1) is 14.2 Å². The number of nitrogens with one attached hydrogen (secondary N) is 2. The van der Waals surface area contributed by atoms with E-state index in [-0.39, 0.29) is 24.0 Å². The highest BCUT2D eigenvalue weighted by atomic mass is 19.3. The van der Waals surface area contributed by atoms with Gasteiger partial charge in [0.1, 0.15) is 11.8 Å². The molecule has 0 aliphatic carbocycles. The van der Waals surface area contributed by atoms with Crippen molar-refractivity contribution >= 4 is 17.9 Å². The smallest absolute Gasteiger partial charge is 0.387 e. The first-order valence-electron chi connectivity index (χ1n) is 9.84. The molecular formula is C23H26F2N2O5. The van der Waals surface area contributed by atoms with E-state index >= 15 is 0 Å². The van der Waals surface area contributed by atoms with Crippen LogP contribution in [0.1, 0.15) is 18.1 Å². The summed E-state index contributed by atoms with van der Waals surface area (Å²) in [7, 11) is 2.93. The van der Waals surface area contributed by atoms with Gasteiger partial charge in [-0.2, -0.15) is 8.78 Å². The third kappa shape index (κ3) is 7.90. The second kappa shape index (κ2) is 12.3. The van der Waals surface area contributed by atoms with Crippen LogP contribution in [0.5, 0.6) is 17.2 Å². The van der Waals surface area contributed by atoms with Crippen molar-refractivity contribution in [3.05, 3.63) is 59.7 Å². The Kier molecular flexibility index (Phi) is 9.46. The average Bonchev–Trinajstić information content (AvgIpc) is 2.77. The van der Waals surface area contributed by atoms with Gasteiger partial charge in [-0.15, -0.1) is 0 Å². The van der Waals surface area contributed by atoms with Gasteiger partial charge in [0.25, 0.3) is 0 Å². The Morgan fingerprint density at radius 3 is 2.38 bits per heavy atom. The van der Waals surface area contributed by atoms with Gasteiger partial charge < -0.3 is 24.8 Å². The highest BCUT2D eigenvalue weighted by molar-refractivity contribution is 5.95. The summed E-state index contributed by atoms with van der Waals surface area (Å²) < 4.78 is 39.6. The number of methoxy groups -OCH3 is 2. The molecular weight excluding hydrogens is 422 g/mol. The number of carbonyl (C=O) groups excluding carboxylic acids is 2. The summed E-state index contributed by atoms with van der Waals surface area (Å²) in [4.78, 5) is 24.3. The molecule has 9 heteroatoms. The highest BCUT2D eigenvalue weighted by Gasteiger charge is 2.15. The number of halogens is 2. The predicted octanol–water partition coefficient (Wildman–Crippen LogP) is 3.18. The van der Waals surface area contributed by atoms with Crippen molar-refractivity contribution in [2.24, 2.45) is 0 Å². The molecule has 32 heavy (non-hydrogen) atoms. The van der Waals surface area contributed by atoms with Crippen LogP contribution in [0.3, 0.4) is 0 Å². The Balaban J connectivity index is 1.81. The van der Waals surface area contributed by atoms with Crippen LogP contribution in [0.25, 0.3) is 6.08 Å². The van der Waals surface area contributed by atoms with Crippen molar-refractivity contribution < 1.29 is 32.6 Å². The Hall–Kier alpha value is -3.62. The number of hydrogen-bond acceptors (Lipinski definition) is 5. The largest absolute Gasteiger partial charge is 0.497 e. The molecule has 0 saturated carbocycles. The van der Waals surface area contributed by atoms with E-state index in [1.165, 1.54) is 25.3 Å². The van der Waals surface area contributed by atoms with Crippen molar-refractivity contribution in [1.82, 2.24) is 10.6 Å². The Morgan fingerprint density at radius 2 is 1.75 bits per heavy atom. The van der Waals surface area contributed by atoms with E-state index in [2.05, 4.69) is 15.4 Å². The lowest BCUT2D eigenvalue weighted by atomic mass is 10.1. The van der Waals surface area contributed by atoms with E-state index in [1.54, 1.807) is 50.4 Å². The van der Waals surface area contributed by atoms with E-state index < -0.39 is 18.6 Å². The van der Waals surface area contributed by atoms with Gasteiger partial charge in [-0.05, 0) is 54.8 Å². The zero-order chi connectivity index (χ0) is 23.5. The normalized spacial score (nSPS) is 11.8. The van der Waals surface area contributed by atoms with E-state index in [1.807, 2.05) is 0 Å². The van der Waals surface area contributed by atoms with Gasteiger partial charge in [-0.25, -0.2) is 0 Å². The second-order valence-corrected chi connectivity index (χ2v) is 6.74. The summed E-state index contributed by atoms with van der Waals surface area (Å²) in [5.74, 6) is 0.0539. The molecule has 0 aliphatic heterocycles. The molecule has 0 aromatic heterocycles. The molecule has 7 nitrogen and oxygen atoms in total. The van der Waals surface area contributed by atoms with Crippen molar-refractivity contribution in [3.8, 4) is 17.2 Å². The minimum absolute atomic E-state index is 0.0735. The first kappa shape index (κ1) is 24.6. The van der Waals surface area contributed by atoms with Crippen molar-refractivity contribution in [1.29, 1.82) is 0 Å². The molecule has 1 unspecified atom stereocenters. The third-order valence-electron chi connectivity index (χ3n) is 4.45.